The number of nitro benzene ring substituents is 2. The number of hydrogen-bond donors (Lipinski definition) is 0. The minimum absolute atomic E-state index is 0.0115. The van der Waals surface area contributed by atoms with Crippen LogP contribution in [0.2, 0.25) is 0 Å². The highest BCUT2D eigenvalue weighted by Crippen LogP contribution is 2.23. The zero-order valence-electron chi connectivity index (χ0n) is 12.8. The van der Waals surface area contributed by atoms with E-state index < -0.39 is 39.4 Å². The number of carbonyl (C=O) groups excluding carboxylic acids is 2. The van der Waals surface area contributed by atoms with Crippen molar-refractivity contribution in [2.75, 3.05) is 0 Å². The van der Waals surface area contributed by atoms with E-state index in [1.54, 1.807) is 30.3 Å². The Hall–Kier alpha value is -3.62. The number of ketones is 1. The molecule has 2 aromatic carbocycles. The molecule has 0 aliphatic carbocycles. The quantitative estimate of drug-likeness (QED) is 0.326. The number of nitrogens with zero attached hydrogens (tertiary/aromatic N) is 2. The van der Waals surface area contributed by atoms with Gasteiger partial charge in [-0.2, -0.15) is 0 Å². The van der Waals surface area contributed by atoms with Crippen LogP contribution in [0.4, 0.5) is 11.4 Å². The Morgan fingerprint density at radius 1 is 0.880 bits per heavy atom. The molecule has 0 saturated carbocycles. The zero-order valence-corrected chi connectivity index (χ0v) is 12.8. The van der Waals surface area contributed by atoms with Gasteiger partial charge < -0.3 is 4.74 Å². The van der Waals surface area contributed by atoms with Crippen molar-refractivity contribution in [3.05, 3.63) is 79.9 Å². The molecule has 0 atom stereocenters. The van der Waals surface area contributed by atoms with Crippen LogP contribution in [0.5, 0.6) is 0 Å². The molecule has 0 spiro atoms. The summed E-state index contributed by atoms with van der Waals surface area (Å²) >= 11 is 0. The summed E-state index contributed by atoms with van der Waals surface area (Å²) in [6.45, 7) is -0.0967. The van der Waals surface area contributed by atoms with Crippen LogP contribution in [0.3, 0.4) is 0 Å². The summed E-state index contributed by atoms with van der Waals surface area (Å²) in [5.74, 6) is -2.07. The van der Waals surface area contributed by atoms with Crippen LogP contribution in [0.1, 0.15) is 11.1 Å². The number of ether oxygens (including phenoxy) is 1. The molecule has 25 heavy (non-hydrogen) atoms. The third-order valence-corrected chi connectivity index (χ3v) is 3.19. The highest BCUT2D eigenvalue weighted by Gasteiger charge is 2.21. The molecule has 0 amide bonds. The van der Waals surface area contributed by atoms with Gasteiger partial charge in [0.2, 0.25) is 5.78 Å². The lowest BCUT2D eigenvalue weighted by molar-refractivity contribution is -0.394. The third kappa shape index (κ3) is 4.93. The number of esters is 1. The van der Waals surface area contributed by atoms with Gasteiger partial charge in [-0.15, -0.1) is 0 Å². The van der Waals surface area contributed by atoms with Crippen molar-refractivity contribution in [1.82, 2.24) is 0 Å². The van der Waals surface area contributed by atoms with Crippen molar-refractivity contribution in [2.45, 2.75) is 13.0 Å². The number of rotatable bonds is 7. The van der Waals surface area contributed by atoms with Gasteiger partial charge in [0.15, 0.2) is 0 Å². The molecule has 0 radical (unpaired) electrons. The summed E-state index contributed by atoms with van der Waals surface area (Å²) in [5.41, 5.74) is -0.387. The number of carbonyl (C=O) groups is 2. The van der Waals surface area contributed by atoms with Gasteiger partial charge in [-0.1, -0.05) is 30.3 Å². The fraction of sp³-hybridized carbons (Fsp3) is 0.125. The fourth-order valence-corrected chi connectivity index (χ4v) is 2.03. The van der Waals surface area contributed by atoms with Crippen LogP contribution in [0.25, 0.3) is 0 Å². The minimum Gasteiger partial charge on any atom is -0.455 e. The van der Waals surface area contributed by atoms with E-state index in [1.807, 2.05) is 0 Å². The summed E-state index contributed by atoms with van der Waals surface area (Å²) in [5, 5.41) is 21.6. The first-order valence-electron chi connectivity index (χ1n) is 7.03. The molecule has 0 unspecified atom stereocenters. The molecule has 9 heteroatoms. The Balaban J connectivity index is 2.07. The summed E-state index contributed by atoms with van der Waals surface area (Å²) < 4.78 is 4.86. The summed E-state index contributed by atoms with van der Waals surface area (Å²) in [4.78, 5) is 43.6. The lowest BCUT2D eigenvalue weighted by Crippen LogP contribution is -2.19. The van der Waals surface area contributed by atoms with Crippen LogP contribution in [-0.4, -0.2) is 21.6 Å². The largest absolute Gasteiger partial charge is 0.455 e. The lowest BCUT2D eigenvalue weighted by atomic mass is 10.1. The van der Waals surface area contributed by atoms with E-state index in [0.717, 1.165) is 18.2 Å². The van der Waals surface area contributed by atoms with Gasteiger partial charge in [-0.05, 0) is 11.1 Å². The van der Waals surface area contributed by atoms with Crippen LogP contribution in [0.15, 0.2) is 48.5 Å². The van der Waals surface area contributed by atoms with E-state index >= 15 is 0 Å². The second-order valence-corrected chi connectivity index (χ2v) is 5.03. The molecular formula is C16H12N2O7. The predicted octanol–water partition coefficient (Wildman–Crippen LogP) is 2.36. The smallest absolute Gasteiger partial charge is 0.375 e. The number of benzene rings is 2. The van der Waals surface area contributed by atoms with Crippen molar-refractivity contribution >= 4 is 23.1 Å². The first-order chi connectivity index (χ1) is 11.9. The summed E-state index contributed by atoms with van der Waals surface area (Å²) in [6, 6.07) is 11.5. The average Bonchev–Trinajstić information content (AvgIpc) is 2.60. The highest BCUT2D eigenvalue weighted by molar-refractivity contribution is 6.34. The Kier molecular flexibility index (Phi) is 5.51. The Bertz CT molecular complexity index is 801. The van der Waals surface area contributed by atoms with E-state index in [4.69, 9.17) is 4.74 Å². The zero-order chi connectivity index (χ0) is 18.4. The van der Waals surface area contributed by atoms with Crippen molar-refractivity contribution < 1.29 is 24.2 Å². The maximum Gasteiger partial charge on any atom is 0.375 e. The van der Waals surface area contributed by atoms with E-state index in [0.29, 0.717) is 5.56 Å². The maximum atomic E-state index is 11.9. The molecule has 9 nitrogen and oxygen atoms in total. The number of hydrogen-bond acceptors (Lipinski definition) is 7. The normalized spacial score (nSPS) is 10.1. The highest BCUT2D eigenvalue weighted by atomic mass is 16.6. The molecular weight excluding hydrogens is 332 g/mol. The van der Waals surface area contributed by atoms with Crippen LogP contribution in [0, 0.1) is 20.2 Å². The SMILES string of the molecule is O=C(Cc1cc([N+](=O)[O-])cc([N+](=O)[O-])c1)C(=O)OCc1ccccc1. The molecule has 0 bridgehead atoms. The lowest BCUT2D eigenvalue weighted by Gasteiger charge is -2.04. The molecule has 2 rings (SSSR count). The molecule has 0 aromatic heterocycles. The molecule has 128 valence electrons. The number of Topliss-reactive ketones (excluding diaryl/α,β-unsaturated/α-hetero) is 1. The summed E-state index contributed by atoms with van der Waals surface area (Å²) in [7, 11) is 0. The van der Waals surface area contributed by atoms with Gasteiger partial charge >= 0.3 is 5.97 Å². The molecule has 0 fully saturated rings. The van der Waals surface area contributed by atoms with Crippen LogP contribution < -0.4 is 0 Å². The monoisotopic (exact) mass is 344 g/mol. The average molecular weight is 344 g/mol. The van der Waals surface area contributed by atoms with Crippen LogP contribution in [-0.2, 0) is 27.4 Å². The van der Waals surface area contributed by atoms with Crippen molar-refractivity contribution in [2.24, 2.45) is 0 Å². The maximum absolute atomic E-state index is 11.9. The second-order valence-electron chi connectivity index (χ2n) is 5.03. The standard InChI is InChI=1S/C16H12N2O7/c19-15(16(20)25-10-11-4-2-1-3-5-11)8-12-6-13(17(21)22)9-14(7-12)18(23)24/h1-7,9H,8,10H2. The van der Waals surface area contributed by atoms with Gasteiger partial charge in [0, 0.05) is 18.6 Å². The van der Waals surface area contributed by atoms with Crippen molar-refractivity contribution in [3.63, 3.8) is 0 Å². The molecule has 0 aliphatic heterocycles. The van der Waals surface area contributed by atoms with Gasteiger partial charge in [0.1, 0.15) is 6.61 Å². The van der Waals surface area contributed by atoms with Gasteiger partial charge in [0.05, 0.1) is 15.9 Å². The van der Waals surface area contributed by atoms with Gasteiger partial charge in [-0.3, -0.25) is 25.0 Å². The molecule has 0 saturated heterocycles. The molecule has 0 heterocycles. The molecule has 0 aliphatic rings. The number of nitro groups is 2. The van der Waals surface area contributed by atoms with E-state index in [1.165, 1.54) is 0 Å². The third-order valence-electron chi connectivity index (χ3n) is 3.19. The van der Waals surface area contributed by atoms with Gasteiger partial charge in [-0.25, -0.2) is 4.79 Å². The topological polar surface area (TPSA) is 130 Å². The van der Waals surface area contributed by atoms with E-state index in [-0.39, 0.29) is 12.2 Å². The Morgan fingerprint density at radius 3 is 1.96 bits per heavy atom. The minimum atomic E-state index is -1.11. The Morgan fingerprint density at radius 2 is 1.44 bits per heavy atom. The Labute approximate surface area is 141 Å². The fourth-order valence-electron chi connectivity index (χ4n) is 2.03. The second kappa shape index (κ2) is 7.77. The van der Waals surface area contributed by atoms with E-state index in [9.17, 15) is 29.8 Å². The van der Waals surface area contributed by atoms with Crippen LogP contribution >= 0.6 is 0 Å². The van der Waals surface area contributed by atoms with E-state index in [2.05, 4.69) is 0 Å². The van der Waals surface area contributed by atoms with Crippen molar-refractivity contribution in [3.8, 4) is 0 Å². The predicted molar refractivity (Wildman–Crippen MR) is 84.7 cm³/mol. The first kappa shape index (κ1) is 17.7. The first-order valence-corrected chi connectivity index (χ1v) is 7.03. The molecule has 0 N–H and O–H groups in total. The summed E-state index contributed by atoms with van der Waals surface area (Å²) in [6.07, 6.45) is -0.532. The molecule has 2 aromatic rings. The van der Waals surface area contributed by atoms with Crippen molar-refractivity contribution in [1.29, 1.82) is 0 Å². The number of non-ortho nitro benzene ring substituents is 2. The van der Waals surface area contributed by atoms with Gasteiger partial charge in [0.25, 0.3) is 11.4 Å².